The Morgan fingerprint density at radius 1 is 1.58 bits per heavy atom. The van der Waals surface area contributed by atoms with E-state index in [1.54, 1.807) is 0 Å². The molecule has 1 aliphatic rings. The van der Waals surface area contributed by atoms with Crippen LogP contribution in [0.25, 0.3) is 0 Å². The zero-order valence-corrected chi connectivity index (χ0v) is 11.7. The summed E-state index contributed by atoms with van der Waals surface area (Å²) in [5.41, 5.74) is 0.254. The van der Waals surface area contributed by atoms with Crippen molar-refractivity contribution in [3.05, 3.63) is 18.0 Å². The molecule has 19 heavy (non-hydrogen) atoms. The van der Waals surface area contributed by atoms with Gasteiger partial charge in [-0.2, -0.15) is 5.10 Å². The Morgan fingerprint density at radius 2 is 2.26 bits per heavy atom. The molecule has 0 amide bonds. The van der Waals surface area contributed by atoms with Gasteiger partial charge >= 0.3 is 5.97 Å². The minimum absolute atomic E-state index is 0.363. The van der Waals surface area contributed by atoms with Gasteiger partial charge in [0.25, 0.3) is 0 Å². The van der Waals surface area contributed by atoms with E-state index in [0.717, 1.165) is 25.2 Å². The Hall–Kier alpha value is -1.36. The van der Waals surface area contributed by atoms with Crippen LogP contribution in [0.15, 0.2) is 12.3 Å². The van der Waals surface area contributed by atoms with Gasteiger partial charge in [-0.25, -0.2) is 0 Å². The van der Waals surface area contributed by atoms with E-state index in [4.69, 9.17) is 0 Å². The number of nitrogens with zero attached hydrogens (tertiary/aromatic N) is 2. The van der Waals surface area contributed by atoms with Crippen LogP contribution in [0, 0.1) is 5.41 Å². The standard InChI is InChI=1S/C14H23N3O2/c1-3-11(2)17-9-4-12(16-17)10-14(13(18)19)5-7-15-8-6-14/h4,9,11,15H,3,5-8,10H2,1-2H3,(H,18,19). The van der Waals surface area contributed by atoms with Crippen LogP contribution >= 0.6 is 0 Å². The number of carbonyl (C=O) groups is 1. The molecule has 1 aliphatic heterocycles. The molecule has 5 nitrogen and oxygen atoms in total. The number of nitrogens with one attached hydrogen (secondary N) is 1. The van der Waals surface area contributed by atoms with E-state index in [1.165, 1.54) is 0 Å². The second-order valence-electron chi connectivity index (χ2n) is 5.56. The highest BCUT2D eigenvalue weighted by atomic mass is 16.4. The van der Waals surface area contributed by atoms with E-state index in [2.05, 4.69) is 24.3 Å². The van der Waals surface area contributed by atoms with Gasteiger partial charge in [0.2, 0.25) is 0 Å². The summed E-state index contributed by atoms with van der Waals surface area (Å²) in [5.74, 6) is -0.688. The summed E-state index contributed by atoms with van der Waals surface area (Å²) in [6, 6.07) is 2.32. The Morgan fingerprint density at radius 3 is 2.84 bits per heavy atom. The maximum atomic E-state index is 11.6. The van der Waals surface area contributed by atoms with Gasteiger partial charge in [0.1, 0.15) is 0 Å². The molecule has 2 N–H and O–H groups in total. The molecule has 2 rings (SSSR count). The van der Waals surface area contributed by atoms with Gasteiger partial charge in [-0.05, 0) is 45.3 Å². The summed E-state index contributed by atoms with van der Waals surface area (Å²) in [5, 5.41) is 17.3. The predicted molar refractivity (Wildman–Crippen MR) is 73.1 cm³/mol. The minimum atomic E-state index is -0.688. The Kier molecular flexibility index (Phi) is 4.24. The number of carboxylic acid groups (broad SMARTS) is 1. The molecule has 1 aromatic rings. The van der Waals surface area contributed by atoms with Gasteiger partial charge in [0.15, 0.2) is 0 Å². The number of hydrogen-bond acceptors (Lipinski definition) is 3. The van der Waals surface area contributed by atoms with Crippen LogP contribution in [-0.2, 0) is 11.2 Å². The molecule has 0 aromatic carbocycles. The first kappa shape index (κ1) is 14.1. The molecule has 1 atom stereocenters. The van der Waals surface area contributed by atoms with Crippen molar-refractivity contribution in [2.24, 2.45) is 5.41 Å². The zero-order chi connectivity index (χ0) is 13.9. The maximum Gasteiger partial charge on any atom is 0.310 e. The predicted octanol–water partition coefficient (Wildman–Crippen LogP) is 1.85. The Bertz CT molecular complexity index is 436. The van der Waals surface area contributed by atoms with Crippen LogP contribution < -0.4 is 5.32 Å². The van der Waals surface area contributed by atoms with E-state index in [-0.39, 0.29) is 0 Å². The maximum absolute atomic E-state index is 11.6. The quantitative estimate of drug-likeness (QED) is 0.852. The number of aliphatic carboxylic acids is 1. The van der Waals surface area contributed by atoms with Crippen molar-refractivity contribution in [1.29, 1.82) is 0 Å². The second-order valence-corrected chi connectivity index (χ2v) is 5.56. The van der Waals surface area contributed by atoms with Crippen LogP contribution in [0.4, 0.5) is 0 Å². The van der Waals surface area contributed by atoms with Crippen LogP contribution in [0.2, 0.25) is 0 Å². The molecule has 0 radical (unpaired) electrons. The van der Waals surface area contributed by atoms with Crippen molar-refractivity contribution in [1.82, 2.24) is 15.1 Å². The molecule has 106 valence electrons. The van der Waals surface area contributed by atoms with Crippen molar-refractivity contribution in [3.63, 3.8) is 0 Å². The Balaban J connectivity index is 2.13. The monoisotopic (exact) mass is 265 g/mol. The van der Waals surface area contributed by atoms with Crippen LogP contribution in [0.3, 0.4) is 0 Å². The lowest BCUT2D eigenvalue weighted by molar-refractivity contribution is -0.150. The first-order valence-corrected chi connectivity index (χ1v) is 7.05. The lowest BCUT2D eigenvalue weighted by atomic mass is 9.75. The molecule has 0 aliphatic carbocycles. The van der Waals surface area contributed by atoms with E-state index in [9.17, 15) is 9.90 Å². The number of piperidine rings is 1. The van der Waals surface area contributed by atoms with Crippen molar-refractivity contribution in [2.45, 2.75) is 45.6 Å². The normalized spacial score (nSPS) is 20.1. The molecule has 1 aromatic heterocycles. The largest absolute Gasteiger partial charge is 0.481 e. The van der Waals surface area contributed by atoms with E-state index in [0.29, 0.717) is 25.3 Å². The highest BCUT2D eigenvalue weighted by molar-refractivity contribution is 5.75. The molecular formula is C14H23N3O2. The van der Waals surface area contributed by atoms with E-state index < -0.39 is 11.4 Å². The SMILES string of the molecule is CCC(C)n1ccc(CC2(C(=O)O)CCNCC2)n1. The highest BCUT2D eigenvalue weighted by Crippen LogP contribution is 2.33. The molecule has 5 heteroatoms. The fraction of sp³-hybridized carbons (Fsp3) is 0.714. The average Bonchev–Trinajstić information content (AvgIpc) is 2.87. The van der Waals surface area contributed by atoms with Gasteiger partial charge in [0, 0.05) is 18.7 Å². The molecule has 1 fully saturated rings. The third kappa shape index (κ3) is 2.97. The summed E-state index contributed by atoms with van der Waals surface area (Å²) in [7, 11) is 0. The molecule has 1 saturated heterocycles. The second kappa shape index (κ2) is 5.74. The molecule has 2 heterocycles. The molecule has 1 unspecified atom stereocenters. The first-order valence-electron chi connectivity index (χ1n) is 7.05. The van der Waals surface area contributed by atoms with Crippen molar-refractivity contribution < 1.29 is 9.90 Å². The first-order chi connectivity index (χ1) is 9.07. The average molecular weight is 265 g/mol. The summed E-state index contributed by atoms with van der Waals surface area (Å²) in [4.78, 5) is 11.6. The minimum Gasteiger partial charge on any atom is -0.481 e. The van der Waals surface area contributed by atoms with Crippen LogP contribution in [0.5, 0.6) is 0 Å². The molecule has 0 bridgehead atoms. The van der Waals surface area contributed by atoms with E-state index in [1.807, 2.05) is 16.9 Å². The summed E-state index contributed by atoms with van der Waals surface area (Å²) in [6.07, 6.45) is 4.87. The number of carboxylic acids is 1. The summed E-state index contributed by atoms with van der Waals surface area (Å²) >= 11 is 0. The summed E-state index contributed by atoms with van der Waals surface area (Å²) in [6.45, 7) is 5.79. The van der Waals surface area contributed by atoms with E-state index >= 15 is 0 Å². The third-order valence-corrected chi connectivity index (χ3v) is 4.24. The van der Waals surface area contributed by atoms with Crippen molar-refractivity contribution in [2.75, 3.05) is 13.1 Å². The van der Waals surface area contributed by atoms with Crippen molar-refractivity contribution in [3.8, 4) is 0 Å². The van der Waals surface area contributed by atoms with Gasteiger partial charge in [-0.15, -0.1) is 0 Å². The Labute approximate surface area is 114 Å². The highest BCUT2D eigenvalue weighted by Gasteiger charge is 2.40. The lowest BCUT2D eigenvalue weighted by Gasteiger charge is -2.33. The van der Waals surface area contributed by atoms with Gasteiger partial charge in [-0.1, -0.05) is 6.92 Å². The number of aromatic nitrogens is 2. The lowest BCUT2D eigenvalue weighted by Crippen LogP contribution is -2.43. The zero-order valence-electron chi connectivity index (χ0n) is 11.7. The fourth-order valence-corrected chi connectivity index (χ4v) is 2.62. The van der Waals surface area contributed by atoms with Gasteiger partial charge in [-0.3, -0.25) is 9.48 Å². The number of hydrogen-bond donors (Lipinski definition) is 2. The molecular weight excluding hydrogens is 242 g/mol. The van der Waals surface area contributed by atoms with Gasteiger partial charge in [0.05, 0.1) is 11.1 Å². The summed E-state index contributed by atoms with van der Waals surface area (Å²) < 4.78 is 1.94. The fourth-order valence-electron chi connectivity index (χ4n) is 2.62. The van der Waals surface area contributed by atoms with Crippen LogP contribution in [0.1, 0.15) is 44.8 Å². The van der Waals surface area contributed by atoms with Gasteiger partial charge < -0.3 is 10.4 Å². The number of rotatable bonds is 5. The topological polar surface area (TPSA) is 67.2 Å². The van der Waals surface area contributed by atoms with Crippen molar-refractivity contribution >= 4 is 5.97 Å². The van der Waals surface area contributed by atoms with Crippen LogP contribution in [-0.4, -0.2) is 33.9 Å². The molecule has 0 spiro atoms. The molecule has 0 saturated carbocycles. The third-order valence-electron chi connectivity index (χ3n) is 4.24. The smallest absolute Gasteiger partial charge is 0.310 e.